The second kappa shape index (κ2) is 4.89. The molecule has 0 amide bonds. The van der Waals surface area contributed by atoms with Crippen LogP contribution in [0.25, 0.3) is 0 Å². The molecule has 0 aromatic heterocycles. The third kappa shape index (κ3) is 2.49. The molecule has 1 aliphatic heterocycles. The number of rotatable bonds is 3. The predicted octanol–water partition coefficient (Wildman–Crippen LogP) is 3.77. The first kappa shape index (κ1) is 12.1. The summed E-state index contributed by atoms with van der Waals surface area (Å²) in [6.45, 7) is 5.83. The van der Waals surface area contributed by atoms with Gasteiger partial charge in [-0.3, -0.25) is 0 Å². The first-order valence-electron chi connectivity index (χ1n) is 6.12. The van der Waals surface area contributed by atoms with Crippen LogP contribution in [-0.2, 0) is 6.42 Å². The summed E-state index contributed by atoms with van der Waals surface area (Å²) >= 11 is 3.55. The predicted molar refractivity (Wildman–Crippen MR) is 72.7 cm³/mol. The number of hydrogen-bond acceptors (Lipinski definition) is 1. The first-order valence-corrected chi connectivity index (χ1v) is 6.91. The van der Waals surface area contributed by atoms with Gasteiger partial charge in [-0.15, -0.1) is 0 Å². The van der Waals surface area contributed by atoms with E-state index >= 15 is 0 Å². The molecule has 1 nitrogen and oxygen atoms in total. The summed E-state index contributed by atoms with van der Waals surface area (Å²) in [5.74, 6) is 0.689. The zero-order chi connectivity index (χ0) is 11.6. The van der Waals surface area contributed by atoms with Crippen LogP contribution in [0.2, 0.25) is 0 Å². The Kier molecular flexibility index (Phi) is 3.70. The summed E-state index contributed by atoms with van der Waals surface area (Å²) < 4.78 is 1.18. The summed E-state index contributed by atoms with van der Waals surface area (Å²) in [6.07, 6.45) is 3.76. The van der Waals surface area contributed by atoms with E-state index in [-0.39, 0.29) is 0 Å². The maximum Gasteiger partial charge on any atom is 0.0245 e. The van der Waals surface area contributed by atoms with Crippen LogP contribution >= 0.6 is 15.9 Å². The fraction of sp³-hybridized carbons (Fsp3) is 0.571. The van der Waals surface area contributed by atoms with Crippen LogP contribution in [-0.4, -0.2) is 12.1 Å². The van der Waals surface area contributed by atoms with Crippen molar-refractivity contribution < 1.29 is 0 Å². The molecular weight excluding hydrogens is 262 g/mol. The van der Waals surface area contributed by atoms with Crippen molar-refractivity contribution in [2.75, 3.05) is 6.54 Å². The van der Waals surface area contributed by atoms with Gasteiger partial charge in [0.25, 0.3) is 0 Å². The standard InChI is InChI=1S/C14H20BrN/c1-11(2)14(7-4-8-16-14)10-12-5-3-6-13(15)9-12/h3,5-6,9,11,16H,4,7-8,10H2,1-2H3. The molecule has 0 aliphatic carbocycles. The highest BCUT2D eigenvalue weighted by molar-refractivity contribution is 9.10. The highest BCUT2D eigenvalue weighted by Crippen LogP contribution is 2.31. The lowest BCUT2D eigenvalue weighted by Crippen LogP contribution is -2.46. The molecule has 1 heterocycles. The number of halogens is 1. The summed E-state index contributed by atoms with van der Waals surface area (Å²) in [7, 11) is 0. The van der Waals surface area contributed by atoms with E-state index in [4.69, 9.17) is 0 Å². The molecule has 0 spiro atoms. The van der Waals surface area contributed by atoms with Crippen molar-refractivity contribution in [2.24, 2.45) is 5.92 Å². The number of nitrogens with one attached hydrogen (secondary N) is 1. The van der Waals surface area contributed by atoms with Crippen LogP contribution in [0, 0.1) is 5.92 Å². The van der Waals surface area contributed by atoms with E-state index in [2.05, 4.69) is 59.4 Å². The maximum absolute atomic E-state index is 3.72. The summed E-state index contributed by atoms with van der Waals surface area (Å²) in [5, 5.41) is 3.72. The molecule has 0 bridgehead atoms. The topological polar surface area (TPSA) is 12.0 Å². The Morgan fingerprint density at radius 3 is 2.81 bits per heavy atom. The lowest BCUT2D eigenvalue weighted by atomic mass is 9.80. The van der Waals surface area contributed by atoms with Crippen molar-refractivity contribution in [3.8, 4) is 0 Å². The van der Waals surface area contributed by atoms with Crippen LogP contribution < -0.4 is 5.32 Å². The van der Waals surface area contributed by atoms with E-state index in [1.54, 1.807) is 0 Å². The van der Waals surface area contributed by atoms with Gasteiger partial charge in [0, 0.05) is 10.0 Å². The van der Waals surface area contributed by atoms with Crippen LogP contribution in [0.15, 0.2) is 28.7 Å². The normalized spacial score (nSPS) is 25.2. The van der Waals surface area contributed by atoms with E-state index in [9.17, 15) is 0 Å². The van der Waals surface area contributed by atoms with E-state index in [0.29, 0.717) is 11.5 Å². The van der Waals surface area contributed by atoms with E-state index in [1.165, 1.54) is 29.4 Å². The quantitative estimate of drug-likeness (QED) is 0.890. The lowest BCUT2D eigenvalue weighted by molar-refractivity contribution is 0.269. The molecule has 0 saturated carbocycles. The van der Waals surface area contributed by atoms with Gasteiger partial charge in [0.15, 0.2) is 0 Å². The second-order valence-corrected chi connectivity index (χ2v) is 6.06. The average molecular weight is 282 g/mol. The van der Waals surface area contributed by atoms with Gasteiger partial charge in [0.1, 0.15) is 0 Å². The zero-order valence-electron chi connectivity index (χ0n) is 10.1. The van der Waals surface area contributed by atoms with Gasteiger partial charge in [-0.05, 0) is 49.4 Å². The summed E-state index contributed by atoms with van der Waals surface area (Å²) in [5.41, 5.74) is 1.75. The van der Waals surface area contributed by atoms with Crippen LogP contribution in [0.4, 0.5) is 0 Å². The minimum Gasteiger partial charge on any atom is -0.311 e. The van der Waals surface area contributed by atoms with Crippen molar-refractivity contribution in [1.82, 2.24) is 5.32 Å². The van der Waals surface area contributed by atoms with Gasteiger partial charge in [-0.1, -0.05) is 41.9 Å². The molecule has 1 saturated heterocycles. The van der Waals surface area contributed by atoms with E-state index < -0.39 is 0 Å². The second-order valence-electron chi connectivity index (χ2n) is 5.15. The smallest absolute Gasteiger partial charge is 0.0245 e. The Bertz CT molecular complexity index is 354. The van der Waals surface area contributed by atoms with E-state index in [0.717, 1.165) is 6.42 Å². The molecule has 88 valence electrons. The summed E-state index contributed by atoms with van der Waals surface area (Å²) in [6, 6.07) is 8.69. The molecule has 16 heavy (non-hydrogen) atoms. The van der Waals surface area contributed by atoms with Crippen LogP contribution in [0.3, 0.4) is 0 Å². The number of hydrogen-bond donors (Lipinski definition) is 1. The molecule has 1 fully saturated rings. The molecule has 1 aromatic carbocycles. The number of benzene rings is 1. The molecule has 1 atom stereocenters. The Balaban J connectivity index is 2.18. The van der Waals surface area contributed by atoms with Gasteiger partial charge in [-0.2, -0.15) is 0 Å². The summed E-state index contributed by atoms with van der Waals surface area (Å²) in [4.78, 5) is 0. The van der Waals surface area contributed by atoms with Gasteiger partial charge in [-0.25, -0.2) is 0 Å². The van der Waals surface area contributed by atoms with Crippen molar-refractivity contribution in [3.05, 3.63) is 34.3 Å². The Morgan fingerprint density at radius 2 is 2.25 bits per heavy atom. The molecule has 1 unspecified atom stereocenters. The monoisotopic (exact) mass is 281 g/mol. The minimum absolute atomic E-state index is 0.320. The molecule has 1 aliphatic rings. The maximum atomic E-state index is 3.72. The molecule has 2 heteroatoms. The zero-order valence-corrected chi connectivity index (χ0v) is 11.7. The highest BCUT2D eigenvalue weighted by atomic mass is 79.9. The molecule has 1 aromatic rings. The fourth-order valence-corrected chi connectivity index (χ4v) is 3.14. The largest absolute Gasteiger partial charge is 0.311 e. The Hall–Kier alpha value is -0.340. The van der Waals surface area contributed by atoms with Crippen molar-refractivity contribution in [3.63, 3.8) is 0 Å². The van der Waals surface area contributed by atoms with Gasteiger partial charge >= 0.3 is 0 Å². The Labute approximate surface area is 107 Å². The van der Waals surface area contributed by atoms with Crippen LogP contribution in [0.1, 0.15) is 32.3 Å². The lowest BCUT2D eigenvalue weighted by Gasteiger charge is -2.34. The molecule has 1 N–H and O–H groups in total. The van der Waals surface area contributed by atoms with Gasteiger partial charge < -0.3 is 5.32 Å². The van der Waals surface area contributed by atoms with Gasteiger partial charge in [0.05, 0.1) is 0 Å². The third-order valence-electron chi connectivity index (χ3n) is 3.79. The minimum atomic E-state index is 0.320. The van der Waals surface area contributed by atoms with Gasteiger partial charge in [0.2, 0.25) is 0 Å². The molecular formula is C14H20BrN. The molecule has 0 radical (unpaired) electrons. The SMILES string of the molecule is CC(C)C1(Cc2cccc(Br)c2)CCCN1. The van der Waals surface area contributed by atoms with Crippen molar-refractivity contribution in [1.29, 1.82) is 0 Å². The highest BCUT2D eigenvalue weighted by Gasteiger charge is 2.36. The Morgan fingerprint density at radius 1 is 1.44 bits per heavy atom. The third-order valence-corrected chi connectivity index (χ3v) is 4.28. The van der Waals surface area contributed by atoms with Crippen molar-refractivity contribution in [2.45, 2.75) is 38.6 Å². The molecule has 2 rings (SSSR count). The fourth-order valence-electron chi connectivity index (χ4n) is 2.69. The average Bonchev–Trinajstić information content (AvgIpc) is 2.67. The van der Waals surface area contributed by atoms with E-state index in [1.807, 2.05) is 0 Å². The van der Waals surface area contributed by atoms with Crippen LogP contribution in [0.5, 0.6) is 0 Å². The first-order chi connectivity index (χ1) is 7.62. The van der Waals surface area contributed by atoms with Crippen molar-refractivity contribution >= 4 is 15.9 Å².